The summed E-state index contributed by atoms with van der Waals surface area (Å²) in [4.78, 5) is 24.4. The molecule has 7 nitrogen and oxygen atoms in total. The molecular weight excluding hydrogens is 416 g/mol. The molecule has 0 saturated carbocycles. The Balaban J connectivity index is 1.48. The Hall–Kier alpha value is -3.65. The molecule has 2 N–H and O–H groups in total. The van der Waals surface area contributed by atoms with Crippen LogP contribution in [0.2, 0.25) is 0 Å². The van der Waals surface area contributed by atoms with Crippen molar-refractivity contribution in [2.75, 3.05) is 5.32 Å². The summed E-state index contributed by atoms with van der Waals surface area (Å²) in [6, 6.07) is 16.1. The molecule has 4 rings (SSSR count). The molecule has 8 heteroatoms. The first-order chi connectivity index (χ1) is 14.7. The molecule has 3 aromatic rings. The number of nitrogens with one attached hydrogen (secondary N) is 2. The summed E-state index contributed by atoms with van der Waals surface area (Å²) in [7, 11) is -4.00. The van der Waals surface area contributed by atoms with Crippen LogP contribution in [0.15, 0.2) is 65.6 Å². The molecule has 158 valence electrons. The van der Waals surface area contributed by atoms with Gasteiger partial charge in [-0.2, -0.15) is 8.42 Å². The maximum absolute atomic E-state index is 12.6. The van der Waals surface area contributed by atoms with E-state index < -0.39 is 10.1 Å². The minimum atomic E-state index is -4.00. The van der Waals surface area contributed by atoms with Crippen LogP contribution in [0.4, 0.5) is 5.69 Å². The lowest BCUT2D eigenvalue weighted by Gasteiger charge is -2.11. The number of rotatable bonds is 5. The first-order valence-electron chi connectivity index (χ1n) is 9.57. The molecule has 1 aliphatic rings. The third kappa shape index (κ3) is 4.29. The molecule has 0 aliphatic carbocycles. The van der Waals surface area contributed by atoms with E-state index in [1.165, 1.54) is 24.3 Å². The highest BCUT2D eigenvalue weighted by molar-refractivity contribution is 7.87. The second-order valence-electron chi connectivity index (χ2n) is 7.34. The summed E-state index contributed by atoms with van der Waals surface area (Å²) in [5.41, 5.74) is 3.64. The Labute approximate surface area is 180 Å². The smallest absolute Gasteiger partial charge is 0.339 e. The number of anilines is 1. The molecule has 2 amide bonds. The topological polar surface area (TPSA) is 102 Å². The molecule has 0 aromatic heterocycles. The summed E-state index contributed by atoms with van der Waals surface area (Å²) in [5.74, 6) is -0.452. The molecule has 1 aliphatic heterocycles. The monoisotopic (exact) mass is 436 g/mol. The Morgan fingerprint density at radius 2 is 1.74 bits per heavy atom. The Kier molecular flexibility index (Phi) is 5.24. The van der Waals surface area contributed by atoms with Crippen LogP contribution >= 0.6 is 0 Å². The van der Waals surface area contributed by atoms with Crippen LogP contribution in [0.5, 0.6) is 5.75 Å². The zero-order chi connectivity index (χ0) is 22.2. The first-order valence-corrected chi connectivity index (χ1v) is 11.0. The summed E-state index contributed by atoms with van der Waals surface area (Å²) < 4.78 is 30.5. The number of hydrogen-bond acceptors (Lipinski definition) is 5. The third-order valence-corrected chi connectivity index (χ3v) is 6.38. The Bertz CT molecular complexity index is 1300. The van der Waals surface area contributed by atoms with Crippen molar-refractivity contribution in [1.82, 2.24) is 5.32 Å². The van der Waals surface area contributed by atoms with E-state index in [-0.39, 0.29) is 22.5 Å². The van der Waals surface area contributed by atoms with E-state index in [9.17, 15) is 18.0 Å². The zero-order valence-corrected chi connectivity index (χ0v) is 17.7. The van der Waals surface area contributed by atoms with E-state index in [1.807, 2.05) is 6.07 Å². The number of fused-ring (bicyclic) bond motifs is 1. The molecule has 0 spiro atoms. The van der Waals surface area contributed by atoms with Crippen LogP contribution in [0, 0.1) is 13.8 Å². The van der Waals surface area contributed by atoms with Crippen LogP contribution in [0.25, 0.3) is 0 Å². The summed E-state index contributed by atoms with van der Waals surface area (Å²) in [5, 5.41) is 5.46. The zero-order valence-electron chi connectivity index (χ0n) is 16.9. The molecule has 0 saturated heterocycles. The molecule has 0 fully saturated rings. The summed E-state index contributed by atoms with van der Waals surface area (Å²) >= 11 is 0. The average Bonchev–Trinajstić information content (AvgIpc) is 3.10. The fraction of sp³-hybridized carbons (Fsp3) is 0.130. The Morgan fingerprint density at radius 1 is 1.00 bits per heavy atom. The van der Waals surface area contributed by atoms with Crippen LogP contribution < -0.4 is 14.8 Å². The van der Waals surface area contributed by atoms with Gasteiger partial charge in [0.25, 0.3) is 11.8 Å². The van der Waals surface area contributed by atoms with Crippen molar-refractivity contribution in [1.29, 1.82) is 0 Å². The quantitative estimate of drug-likeness (QED) is 0.596. The van der Waals surface area contributed by atoms with Gasteiger partial charge in [0.15, 0.2) is 0 Å². The molecule has 31 heavy (non-hydrogen) atoms. The van der Waals surface area contributed by atoms with Gasteiger partial charge in [0.2, 0.25) is 0 Å². The second-order valence-corrected chi connectivity index (χ2v) is 8.85. The van der Waals surface area contributed by atoms with Gasteiger partial charge in [-0.1, -0.05) is 18.2 Å². The van der Waals surface area contributed by atoms with Crippen LogP contribution in [0.3, 0.4) is 0 Å². The van der Waals surface area contributed by atoms with Gasteiger partial charge < -0.3 is 14.8 Å². The van der Waals surface area contributed by atoms with Gasteiger partial charge in [-0.15, -0.1) is 0 Å². The third-order valence-electron chi connectivity index (χ3n) is 4.99. The van der Waals surface area contributed by atoms with Gasteiger partial charge in [0, 0.05) is 23.4 Å². The molecule has 3 aromatic carbocycles. The number of amides is 2. The van der Waals surface area contributed by atoms with Crippen LogP contribution in [-0.2, 0) is 16.7 Å². The standard InChI is InChI=1S/C23H20N2O5S/c1-14-3-4-15(2)21(11-14)31(28,29)30-19-9-6-16(7-10-19)22(26)25-18-8-5-17-13-24-23(27)20(17)12-18/h3-12H,13H2,1-2H3,(H,24,27)(H,25,26). The van der Waals surface area contributed by atoms with Crippen molar-refractivity contribution in [3.63, 3.8) is 0 Å². The highest BCUT2D eigenvalue weighted by Gasteiger charge is 2.21. The van der Waals surface area contributed by atoms with Gasteiger partial charge >= 0.3 is 10.1 Å². The molecule has 0 unspecified atom stereocenters. The summed E-state index contributed by atoms with van der Waals surface area (Å²) in [6.07, 6.45) is 0. The van der Waals surface area contributed by atoms with E-state index in [4.69, 9.17) is 4.18 Å². The first kappa shape index (κ1) is 20.6. The van der Waals surface area contributed by atoms with E-state index in [1.54, 1.807) is 44.2 Å². The number of aryl methyl sites for hydroxylation is 2. The van der Waals surface area contributed by atoms with Gasteiger partial charge in [-0.25, -0.2) is 0 Å². The predicted octanol–water partition coefficient (Wildman–Crippen LogP) is 3.57. The van der Waals surface area contributed by atoms with Crippen molar-refractivity contribution in [2.45, 2.75) is 25.3 Å². The van der Waals surface area contributed by atoms with Crippen molar-refractivity contribution >= 4 is 27.6 Å². The maximum atomic E-state index is 12.6. The average molecular weight is 436 g/mol. The van der Waals surface area contributed by atoms with Gasteiger partial charge in [-0.05, 0) is 73.0 Å². The van der Waals surface area contributed by atoms with Crippen LogP contribution in [0.1, 0.15) is 37.4 Å². The molecular formula is C23H20N2O5S. The largest absolute Gasteiger partial charge is 0.379 e. The minimum absolute atomic E-state index is 0.103. The summed E-state index contributed by atoms with van der Waals surface area (Å²) in [6.45, 7) is 3.99. The van der Waals surface area contributed by atoms with Crippen molar-refractivity contribution in [3.8, 4) is 5.75 Å². The van der Waals surface area contributed by atoms with E-state index >= 15 is 0 Å². The molecule has 0 radical (unpaired) electrons. The minimum Gasteiger partial charge on any atom is -0.379 e. The van der Waals surface area contributed by atoms with Crippen LogP contribution in [-0.4, -0.2) is 20.2 Å². The number of hydrogen-bond donors (Lipinski definition) is 2. The fourth-order valence-corrected chi connectivity index (χ4v) is 4.55. The van der Waals surface area contributed by atoms with Crippen molar-refractivity contribution < 1.29 is 22.2 Å². The molecule has 0 bridgehead atoms. The lowest BCUT2D eigenvalue weighted by molar-refractivity contribution is 0.0964. The van der Waals surface area contributed by atoms with Gasteiger partial charge in [0.1, 0.15) is 10.6 Å². The lowest BCUT2D eigenvalue weighted by Crippen LogP contribution is -2.14. The number of carbonyl (C=O) groups is 2. The van der Waals surface area contributed by atoms with Gasteiger partial charge in [0.05, 0.1) is 0 Å². The van der Waals surface area contributed by atoms with Crippen molar-refractivity contribution in [3.05, 3.63) is 88.5 Å². The fourth-order valence-electron chi connectivity index (χ4n) is 3.30. The SMILES string of the molecule is Cc1ccc(C)c(S(=O)(=O)Oc2ccc(C(=O)Nc3ccc4c(c3)C(=O)NC4)cc2)c1. The van der Waals surface area contributed by atoms with E-state index in [0.717, 1.165) is 11.1 Å². The molecule has 0 atom stereocenters. The number of benzene rings is 3. The van der Waals surface area contributed by atoms with E-state index in [2.05, 4.69) is 10.6 Å². The maximum Gasteiger partial charge on any atom is 0.339 e. The van der Waals surface area contributed by atoms with Gasteiger partial charge in [-0.3, -0.25) is 9.59 Å². The van der Waals surface area contributed by atoms with E-state index in [0.29, 0.717) is 28.9 Å². The second kappa shape index (κ2) is 7.88. The lowest BCUT2D eigenvalue weighted by atomic mass is 10.1. The Morgan fingerprint density at radius 3 is 2.48 bits per heavy atom. The normalized spacial score (nSPS) is 12.8. The number of carbonyl (C=O) groups excluding carboxylic acids is 2. The van der Waals surface area contributed by atoms with Crippen molar-refractivity contribution in [2.24, 2.45) is 0 Å². The molecule has 1 heterocycles. The highest BCUT2D eigenvalue weighted by Crippen LogP contribution is 2.24. The predicted molar refractivity (Wildman–Crippen MR) is 116 cm³/mol. The highest BCUT2D eigenvalue weighted by atomic mass is 32.2.